The first-order chi connectivity index (χ1) is 8.88. The molecule has 1 unspecified atom stereocenters. The molecule has 0 amide bonds. The highest BCUT2D eigenvalue weighted by molar-refractivity contribution is 5.92. The molecule has 1 heterocycles. The summed E-state index contributed by atoms with van der Waals surface area (Å²) < 4.78 is 36.5. The zero-order chi connectivity index (χ0) is 14.0. The van der Waals surface area contributed by atoms with Crippen molar-refractivity contribution in [3.63, 3.8) is 0 Å². The summed E-state index contributed by atoms with van der Waals surface area (Å²) >= 11 is 0. The van der Waals surface area contributed by atoms with E-state index in [0.29, 0.717) is 5.39 Å². The van der Waals surface area contributed by atoms with E-state index in [4.69, 9.17) is 5.11 Å². The number of aliphatic hydroxyl groups is 1. The summed E-state index contributed by atoms with van der Waals surface area (Å²) in [5, 5.41) is 21.9. The molecule has 0 aliphatic heterocycles. The highest BCUT2D eigenvalue weighted by atomic mass is 19.4. The smallest absolute Gasteiger partial charge is 0.416 e. The van der Waals surface area contributed by atoms with Gasteiger partial charge < -0.3 is 15.5 Å². The van der Waals surface area contributed by atoms with Gasteiger partial charge in [0.1, 0.15) is 11.6 Å². The molecule has 0 radical (unpaired) electrons. The normalized spacial score (nSPS) is 13.5. The van der Waals surface area contributed by atoms with Gasteiger partial charge in [0.25, 0.3) is 0 Å². The summed E-state index contributed by atoms with van der Waals surface area (Å²) in [6.07, 6.45) is -5.72. The standard InChI is InChI=1S/C12H11F3N2O2/c13-12(14,15)10(19)6-17-11-9-5-8(18)2-1-7(9)3-4-16-11/h1-5,10,18-19H,6H2,(H,16,17). The van der Waals surface area contributed by atoms with Crippen LogP contribution in [0, 0.1) is 0 Å². The van der Waals surface area contributed by atoms with Crippen LogP contribution in [0.25, 0.3) is 10.8 Å². The molecule has 1 aromatic carbocycles. The molecule has 3 N–H and O–H groups in total. The molecule has 2 rings (SSSR count). The molecule has 7 heteroatoms. The van der Waals surface area contributed by atoms with Gasteiger partial charge >= 0.3 is 6.18 Å². The minimum absolute atomic E-state index is 0.0140. The average Bonchev–Trinajstić information content (AvgIpc) is 2.34. The number of aromatic hydroxyl groups is 1. The number of nitrogens with one attached hydrogen (secondary N) is 1. The lowest BCUT2D eigenvalue weighted by molar-refractivity contribution is -0.198. The molecule has 0 fully saturated rings. The maximum absolute atomic E-state index is 12.2. The van der Waals surface area contributed by atoms with Gasteiger partial charge in [0.2, 0.25) is 0 Å². The maximum atomic E-state index is 12.2. The van der Waals surface area contributed by atoms with Crippen LogP contribution in [0.5, 0.6) is 5.75 Å². The van der Waals surface area contributed by atoms with Crippen molar-refractivity contribution in [2.45, 2.75) is 12.3 Å². The third-order valence-electron chi connectivity index (χ3n) is 2.59. The Hall–Kier alpha value is -2.02. The largest absolute Gasteiger partial charge is 0.508 e. The third-order valence-corrected chi connectivity index (χ3v) is 2.59. The highest BCUT2D eigenvalue weighted by Gasteiger charge is 2.37. The second kappa shape index (κ2) is 4.93. The molecule has 1 aromatic heterocycles. The van der Waals surface area contributed by atoms with Crippen LogP contribution in [-0.4, -0.2) is 34.0 Å². The van der Waals surface area contributed by atoms with Crippen LogP contribution in [0.15, 0.2) is 30.5 Å². The molecular weight excluding hydrogens is 261 g/mol. The quantitative estimate of drug-likeness (QED) is 0.802. The fourth-order valence-corrected chi connectivity index (χ4v) is 1.61. The number of pyridine rings is 1. The summed E-state index contributed by atoms with van der Waals surface area (Å²) in [5.41, 5.74) is 0. The van der Waals surface area contributed by atoms with Gasteiger partial charge in [-0.3, -0.25) is 0 Å². The van der Waals surface area contributed by atoms with E-state index in [2.05, 4.69) is 10.3 Å². The van der Waals surface area contributed by atoms with E-state index >= 15 is 0 Å². The highest BCUT2D eigenvalue weighted by Crippen LogP contribution is 2.26. The number of hydrogen-bond donors (Lipinski definition) is 3. The number of aromatic nitrogens is 1. The zero-order valence-corrected chi connectivity index (χ0v) is 9.65. The van der Waals surface area contributed by atoms with Gasteiger partial charge in [-0.25, -0.2) is 4.98 Å². The third kappa shape index (κ3) is 3.05. The molecule has 2 aromatic rings. The predicted octanol–water partition coefficient (Wildman–Crippen LogP) is 2.28. The van der Waals surface area contributed by atoms with E-state index in [1.807, 2.05) is 0 Å². The lowest BCUT2D eigenvalue weighted by Crippen LogP contribution is -2.35. The average molecular weight is 272 g/mol. The van der Waals surface area contributed by atoms with Gasteiger partial charge in [-0.15, -0.1) is 0 Å². The second-order valence-corrected chi connectivity index (χ2v) is 4.00. The SMILES string of the molecule is Oc1ccc2ccnc(NCC(O)C(F)(F)F)c2c1. The Morgan fingerprint density at radius 2 is 2.00 bits per heavy atom. The number of fused-ring (bicyclic) bond motifs is 1. The molecular formula is C12H11F3N2O2. The van der Waals surface area contributed by atoms with Crippen molar-refractivity contribution in [1.29, 1.82) is 0 Å². The Kier molecular flexibility index (Phi) is 3.48. The van der Waals surface area contributed by atoms with Crippen LogP contribution in [0.2, 0.25) is 0 Å². The van der Waals surface area contributed by atoms with E-state index in [0.717, 1.165) is 5.39 Å². The van der Waals surface area contributed by atoms with Crippen LogP contribution in [0.4, 0.5) is 19.0 Å². The van der Waals surface area contributed by atoms with Crippen LogP contribution < -0.4 is 5.32 Å². The van der Waals surface area contributed by atoms with Crippen molar-refractivity contribution in [2.24, 2.45) is 0 Å². The number of nitrogens with zero attached hydrogens (tertiary/aromatic N) is 1. The minimum atomic E-state index is -4.68. The van der Waals surface area contributed by atoms with E-state index in [1.54, 1.807) is 12.1 Å². The number of phenols is 1. The predicted molar refractivity (Wildman–Crippen MR) is 64.0 cm³/mol. The van der Waals surface area contributed by atoms with Gasteiger partial charge in [0.05, 0.1) is 6.54 Å². The van der Waals surface area contributed by atoms with Crippen LogP contribution in [0.1, 0.15) is 0 Å². The van der Waals surface area contributed by atoms with Gasteiger partial charge in [-0.05, 0) is 23.6 Å². The number of benzene rings is 1. The first kappa shape index (κ1) is 13.4. The fraction of sp³-hybridized carbons (Fsp3) is 0.250. The molecule has 0 saturated carbocycles. The summed E-state index contributed by atoms with van der Waals surface area (Å²) in [4.78, 5) is 3.90. The first-order valence-electron chi connectivity index (χ1n) is 5.44. The second-order valence-electron chi connectivity index (χ2n) is 4.00. The zero-order valence-electron chi connectivity index (χ0n) is 9.65. The van der Waals surface area contributed by atoms with Crippen molar-refractivity contribution < 1.29 is 23.4 Å². The van der Waals surface area contributed by atoms with Crippen LogP contribution in [0.3, 0.4) is 0 Å². The van der Waals surface area contributed by atoms with Crippen molar-refractivity contribution in [3.8, 4) is 5.75 Å². The van der Waals surface area contributed by atoms with E-state index in [-0.39, 0.29) is 11.6 Å². The molecule has 0 saturated heterocycles. The lowest BCUT2D eigenvalue weighted by atomic mass is 10.1. The number of aliphatic hydroxyl groups excluding tert-OH is 1. The molecule has 0 bridgehead atoms. The number of anilines is 1. The molecule has 1 atom stereocenters. The topological polar surface area (TPSA) is 65.4 Å². The van der Waals surface area contributed by atoms with Gasteiger partial charge in [0, 0.05) is 11.6 Å². The van der Waals surface area contributed by atoms with Gasteiger partial charge in [0.15, 0.2) is 6.10 Å². The number of rotatable bonds is 3. The maximum Gasteiger partial charge on any atom is 0.416 e. The fourth-order valence-electron chi connectivity index (χ4n) is 1.61. The number of phenolic OH excluding ortho intramolecular Hbond substituents is 1. The summed E-state index contributed by atoms with van der Waals surface area (Å²) in [6, 6.07) is 6.15. The molecule has 102 valence electrons. The Bertz CT molecular complexity index is 587. The first-order valence-corrected chi connectivity index (χ1v) is 5.44. The molecule has 0 spiro atoms. The van der Waals surface area contributed by atoms with Crippen molar-refractivity contribution in [3.05, 3.63) is 30.5 Å². The van der Waals surface area contributed by atoms with E-state index < -0.39 is 18.8 Å². The Labute approximate surface area is 106 Å². The number of hydrogen-bond acceptors (Lipinski definition) is 4. The monoisotopic (exact) mass is 272 g/mol. The van der Waals surface area contributed by atoms with Crippen molar-refractivity contribution >= 4 is 16.6 Å². The molecule has 0 aliphatic rings. The van der Waals surface area contributed by atoms with Crippen molar-refractivity contribution in [1.82, 2.24) is 4.98 Å². The van der Waals surface area contributed by atoms with Gasteiger partial charge in [-0.2, -0.15) is 13.2 Å². The van der Waals surface area contributed by atoms with Crippen molar-refractivity contribution in [2.75, 3.05) is 11.9 Å². The summed E-state index contributed by atoms with van der Waals surface area (Å²) in [6.45, 7) is -0.703. The molecule has 0 aliphatic carbocycles. The molecule has 4 nitrogen and oxygen atoms in total. The van der Waals surface area contributed by atoms with E-state index in [1.165, 1.54) is 18.3 Å². The summed E-state index contributed by atoms with van der Waals surface area (Å²) in [7, 11) is 0. The van der Waals surface area contributed by atoms with Crippen LogP contribution in [-0.2, 0) is 0 Å². The Balaban J connectivity index is 2.23. The summed E-state index contributed by atoms with van der Waals surface area (Å²) in [5.74, 6) is 0.164. The number of alkyl halides is 3. The lowest BCUT2D eigenvalue weighted by Gasteiger charge is -2.16. The Morgan fingerprint density at radius 3 is 2.68 bits per heavy atom. The van der Waals surface area contributed by atoms with Crippen LogP contribution >= 0.6 is 0 Å². The number of halogens is 3. The van der Waals surface area contributed by atoms with E-state index in [9.17, 15) is 18.3 Å². The minimum Gasteiger partial charge on any atom is -0.508 e. The molecule has 19 heavy (non-hydrogen) atoms. The van der Waals surface area contributed by atoms with Gasteiger partial charge in [-0.1, -0.05) is 6.07 Å². The Morgan fingerprint density at radius 1 is 1.26 bits per heavy atom.